The van der Waals surface area contributed by atoms with E-state index in [1.807, 2.05) is 0 Å². The van der Waals surface area contributed by atoms with Crippen LogP contribution < -0.4 is 0 Å². The molecule has 2 rings (SSSR count). The van der Waals surface area contributed by atoms with Crippen molar-refractivity contribution in [1.29, 1.82) is 0 Å². The average Bonchev–Trinajstić information content (AvgIpc) is 2.03. The summed E-state index contributed by atoms with van der Waals surface area (Å²) in [4.78, 5) is 0. The normalized spacial score (nSPS) is 30.0. The van der Waals surface area contributed by atoms with E-state index in [4.69, 9.17) is 0 Å². The third kappa shape index (κ3) is 2.00. The summed E-state index contributed by atoms with van der Waals surface area (Å²) in [5.74, 6) is 0.991. The second-order valence-corrected chi connectivity index (χ2v) is 4.14. The van der Waals surface area contributed by atoms with Crippen molar-refractivity contribution < 1.29 is 0 Å². The average molecular weight is 162 g/mol. The van der Waals surface area contributed by atoms with Crippen molar-refractivity contribution in [3.63, 3.8) is 0 Å². The molecule has 0 aromatic rings. The van der Waals surface area contributed by atoms with E-state index in [9.17, 15) is 0 Å². The highest BCUT2D eigenvalue weighted by Gasteiger charge is 2.12. The molecular formula is C12H18. The lowest BCUT2D eigenvalue weighted by Crippen LogP contribution is -2.05. The second kappa shape index (κ2) is 3.93. The molecule has 0 aromatic carbocycles. The summed E-state index contributed by atoms with van der Waals surface area (Å²) >= 11 is 0. The molecule has 1 unspecified atom stereocenters. The molecule has 1 atom stereocenters. The van der Waals surface area contributed by atoms with Crippen LogP contribution in [0.5, 0.6) is 0 Å². The van der Waals surface area contributed by atoms with Crippen LogP contribution in [0.4, 0.5) is 0 Å². The molecule has 12 heavy (non-hydrogen) atoms. The summed E-state index contributed by atoms with van der Waals surface area (Å²) in [5.41, 5.74) is 1.69. The number of allylic oxidation sites excluding steroid dienone is 4. The molecule has 0 spiro atoms. The number of rotatable bonds is 0. The summed E-state index contributed by atoms with van der Waals surface area (Å²) in [6, 6.07) is 0. The van der Waals surface area contributed by atoms with Crippen LogP contribution in [0, 0.1) is 5.92 Å². The lowest BCUT2D eigenvalue weighted by atomic mass is 9.85. The molecule has 0 aliphatic heterocycles. The van der Waals surface area contributed by atoms with Crippen molar-refractivity contribution in [3.8, 4) is 0 Å². The molecule has 0 heteroatoms. The van der Waals surface area contributed by atoms with Gasteiger partial charge in [0.15, 0.2) is 0 Å². The first-order valence-corrected chi connectivity index (χ1v) is 5.30. The summed E-state index contributed by atoms with van der Waals surface area (Å²) in [5, 5.41) is 0. The van der Waals surface area contributed by atoms with E-state index in [2.05, 4.69) is 18.2 Å². The monoisotopic (exact) mass is 162 g/mol. The maximum absolute atomic E-state index is 2.36. The molecule has 0 amide bonds. The van der Waals surface area contributed by atoms with E-state index in [0.29, 0.717) is 0 Å². The Labute approximate surface area is 75.4 Å². The van der Waals surface area contributed by atoms with Gasteiger partial charge in [0.25, 0.3) is 0 Å². The minimum absolute atomic E-state index is 0.991. The summed E-state index contributed by atoms with van der Waals surface area (Å²) < 4.78 is 0. The first-order valence-electron chi connectivity index (χ1n) is 5.30. The van der Waals surface area contributed by atoms with E-state index in [1.54, 1.807) is 5.57 Å². The van der Waals surface area contributed by atoms with Crippen LogP contribution in [-0.4, -0.2) is 0 Å². The smallest absolute Gasteiger partial charge is 0.0314 e. The maximum Gasteiger partial charge on any atom is -0.0314 e. The van der Waals surface area contributed by atoms with Gasteiger partial charge in [-0.1, -0.05) is 36.6 Å². The molecule has 2 aliphatic rings. The quantitative estimate of drug-likeness (QED) is 0.507. The fraction of sp³-hybridized carbons (Fsp3) is 0.667. The van der Waals surface area contributed by atoms with Crippen LogP contribution in [0.15, 0.2) is 23.8 Å². The van der Waals surface area contributed by atoms with Gasteiger partial charge >= 0.3 is 0 Å². The van der Waals surface area contributed by atoms with Gasteiger partial charge in [0.05, 0.1) is 0 Å². The van der Waals surface area contributed by atoms with Crippen LogP contribution in [0.2, 0.25) is 0 Å². The zero-order valence-electron chi connectivity index (χ0n) is 7.76. The third-order valence-electron chi connectivity index (χ3n) is 3.17. The maximum atomic E-state index is 2.36. The number of fused-ring (bicyclic) bond motifs is 3. The molecule has 0 nitrogen and oxygen atoms in total. The van der Waals surface area contributed by atoms with Gasteiger partial charge in [0.1, 0.15) is 0 Å². The van der Waals surface area contributed by atoms with E-state index in [1.165, 1.54) is 44.9 Å². The summed E-state index contributed by atoms with van der Waals surface area (Å²) in [6.45, 7) is 0. The molecule has 0 N–H and O–H groups in total. The van der Waals surface area contributed by atoms with Gasteiger partial charge in [-0.2, -0.15) is 0 Å². The second-order valence-electron chi connectivity index (χ2n) is 4.14. The van der Waals surface area contributed by atoms with E-state index >= 15 is 0 Å². The van der Waals surface area contributed by atoms with Gasteiger partial charge in [0.2, 0.25) is 0 Å². The fourth-order valence-electron chi connectivity index (χ4n) is 2.32. The van der Waals surface area contributed by atoms with Crippen LogP contribution >= 0.6 is 0 Å². The van der Waals surface area contributed by atoms with Crippen LogP contribution in [0.1, 0.15) is 44.9 Å². The first kappa shape index (κ1) is 8.10. The molecule has 66 valence electrons. The SMILES string of the molecule is C1=CCC2CCCCC(=C1)CC2. The number of hydrogen-bond donors (Lipinski definition) is 0. The summed E-state index contributed by atoms with van der Waals surface area (Å²) in [6.07, 6.45) is 16.8. The Morgan fingerprint density at radius 2 is 2.08 bits per heavy atom. The predicted octanol–water partition coefficient (Wildman–Crippen LogP) is 3.84. The Kier molecular flexibility index (Phi) is 2.65. The minimum atomic E-state index is 0.991. The predicted molar refractivity (Wildman–Crippen MR) is 53.0 cm³/mol. The topological polar surface area (TPSA) is 0 Å². The van der Waals surface area contributed by atoms with Crippen LogP contribution in [-0.2, 0) is 0 Å². The van der Waals surface area contributed by atoms with Crippen molar-refractivity contribution in [3.05, 3.63) is 23.8 Å². The Morgan fingerprint density at radius 1 is 1.08 bits per heavy atom. The molecule has 2 bridgehead atoms. The van der Waals surface area contributed by atoms with Gasteiger partial charge in [-0.05, 0) is 38.0 Å². The van der Waals surface area contributed by atoms with Gasteiger partial charge < -0.3 is 0 Å². The minimum Gasteiger partial charge on any atom is -0.0843 e. The molecule has 0 heterocycles. The van der Waals surface area contributed by atoms with E-state index in [0.717, 1.165) is 5.92 Å². The Bertz CT molecular complexity index is 198. The molecule has 1 fully saturated rings. The molecule has 0 saturated heterocycles. The molecule has 1 saturated carbocycles. The Morgan fingerprint density at radius 3 is 3.08 bits per heavy atom. The highest BCUT2D eigenvalue weighted by molar-refractivity contribution is 5.14. The van der Waals surface area contributed by atoms with Crippen molar-refractivity contribution in [1.82, 2.24) is 0 Å². The first-order chi connectivity index (χ1) is 5.95. The van der Waals surface area contributed by atoms with Crippen LogP contribution in [0.3, 0.4) is 0 Å². The highest BCUT2D eigenvalue weighted by atomic mass is 14.2. The molecule has 2 aliphatic carbocycles. The zero-order valence-corrected chi connectivity index (χ0v) is 7.76. The van der Waals surface area contributed by atoms with Gasteiger partial charge in [-0.15, -0.1) is 0 Å². The lowest BCUT2D eigenvalue weighted by molar-refractivity contribution is 0.411. The number of hydrogen-bond acceptors (Lipinski definition) is 0. The largest absolute Gasteiger partial charge is 0.0843 e. The van der Waals surface area contributed by atoms with E-state index < -0.39 is 0 Å². The van der Waals surface area contributed by atoms with Crippen molar-refractivity contribution >= 4 is 0 Å². The van der Waals surface area contributed by atoms with Crippen molar-refractivity contribution in [2.24, 2.45) is 5.92 Å². The molecule has 0 radical (unpaired) electrons. The molecular weight excluding hydrogens is 144 g/mol. The zero-order chi connectivity index (χ0) is 8.23. The Balaban J connectivity index is 2.12. The highest BCUT2D eigenvalue weighted by Crippen LogP contribution is 2.29. The van der Waals surface area contributed by atoms with Crippen LogP contribution in [0.25, 0.3) is 0 Å². The summed E-state index contributed by atoms with van der Waals surface area (Å²) in [7, 11) is 0. The van der Waals surface area contributed by atoms with Crippen molar-refractivity contribution in [2.75, 3.05) is 0 Å². The standard InChI is InChI=1S/C12H18/c1-2-6-12-8-4-3-7-11(5-1)9-10-12/h1-2,5,12H,3-4,6-10H2. The van der Waals surface area contributed by atoms with Gasteiger partial charge in [0, 0.05) is 0 Å². The lowest BCUT2D eigenvalue weighted by Gasteiger charge is -2.21. The van der Waals surface area contributed by atoms with Gasteiger partial charge in [-0.3, -0.25) is 0 Å². The Hall–Kier alpha value is -0.520. The third-order valence-corrected chi connectivity index (χ3v) is 3.17. The van der Waals surface area contributed by atoms with Gasteiger partial charge in [-0.25, -0.2) is 0 Å². The van der Waals surface area contributed by atoms with E-state index in [-0.39, 0.29) is 0 Å². The molecule has 0 aromatic heterocycles. The van der Waals surface area contributed by atoms with Crippen molar-refractivity contribution in [2.45, 2.75) is 44.9 Å². The fourth-order valence-corrected chi connectivity index (χ4v) is 2.32.